The van der Waals surface area contributed by atoms with E-state index in [1.165, 1.54) is 44.5 Å². The molecule has 0 bridgehead atoms. The Balaban J connectivity index is 1.41. The van der Waals surface area contributed by atoms with Crippen LogP contribution in [-0.4, -0.2) is 8.80 Å². The summed E-state index contributed by atoms with van der Waals surface area (Å²) in [5.41, 5.74) is 15.5. The van der Waals surface area contributed by atoms with Crippen molar-refractivity contribution in [3.63, 3.8) is 0 Å². The average molecular weight is 455 g/mol. The quantitative estimate of drug-likeness (QED) is 0.271. The molecule has 2 unspecified atom stereocenters. The Hall–Kier alpha value is -3.42. The molecule has 0 heterocycles. The monoisotopic (exact) mass is 454 g/mol. The fourth-order valence-corrected chi connectivity index (χ4v) is 10.4. The number of fused-ring (bicyclic) bond motifs is 2. The Bertz CT molecular complexity index is 1320. The van der Waals surface area contributed by atoms with Crippen molar-refractivity contribution in [2.24, 2.45) is 0 Å². The van der Waals surface area contributed by atoms with Crippen LogP contribution in [-0.2, 0) is 0 Å². The SMILES string of the molecule is CC1=Cc2c(-c3ccccc3)cccc2C1[SiH](C)C1C(C)=Cc2c(-c3ccccc3)cccc21. The van der Waals surface area contributed by atoms with E-state index >= 15 is 0 Å². The van der Waals surface area contributed by atoms with Crippen LogP contribution in [0.3, 0.4) is 0 Å². The molecule has 0 spiro atoms. The van der Waals surface area contributed by atoms with Crippen LogP contribution in [0.15, 0.2) is 108 Å². The summed E-state index contributed by atoms with van der Waals surface area (Å²) in [7, 11) is -1.26. The first kappa shape index (κ1) is 21.1. The Morgan fingerprint density at radius 3 is 1.32 bits per heavy atom. The summed E-state index contributed by atoms with van der Waals surface area (Å²) in [4.78, 5) is 0. The normalized spacial score (nSPS) is 19.3. The highest BCUT2D eigenvalue weighted by atomic mass is 28.3. The van der Waals surface area contributed by atoms with Gasteiger partial charge in [-0.25, -0.2) is 0 Å². The second-order valence-electron chi connectivity index (χ2n) is 9.94. The smallest absolute Gasteiger partial charge is 0.0599 e. The molecule has 0 aromatic heterocycles. The molecule has 2 aliphatic carbocycles. The topological polar surface area (TPSA) is 0 Å². The van der Waals surface area contributed by atoms with Gasteiger partial charge in [-0.15, -0.1) is 0 Å². The van der Waals surface area contributed by atoms with Gasteiger partial charge in [0.15, 0.2) is 0 Å². The third-order valence-electron chi connectivity index (χ3n) is 7.90. The largest absolute Gasteiger partial charge is 0.0705 e. The highest BCUT2D eigenvalue weighted by molar-refractivity contribution is 6.63. The molecule has 4 aromatic carbocycles. The molecular weight excluding hydrogens is 424 g/mol. The van der Waals surface area contributed by atoms with Gasteiger partial charge in [0.2, 0.25) is 0 Å². The Morgan fingerprint density at radius 2 is 0.912 bits per heavy atom. The van der Waals surface area contributed by atoms with Crippen molar-refractivity contribution < 1.29 is 0 Å². The predicted octanol–water partition coefficient (Wildman–Crippen LogP) is 8.66. The predicted molar refractivity (Wildman–Crippen MR) is 150 cm³/mol. The van der Waals surface area contributed by atoms with Crippen LogP contribution in [0, 0.1) is 0 Å². The van der Waals surface area contributed by atoms with Crippen LogP contribution in [0.4, 0.5) is 0 Å². The second kappa shape index (κ2) is 8.41. The molecule has 34 heavy (non-hydrogen) atoms. The summed E-state index contributed by atoms with van der Waals surface area (Å²) in [5.74, 6) is 0. The molecule has 6 rings (SSSR count). The van der Waals surface area contributed by atoms with E-state index < -0.39 is 8.80 Å². The van der Waals surface area contributed by atoms with E-state index in [1.54, 1.807) is 11.1 Å². The highest BCUT2D eigenvalue weighted by Crippen LogP contribution is 2.49. The third-order valence-corrected chi connectivity index (χ3v) is 11.8. The maximum Gasteiger partial charge on any atom is 0.0599 e. The molecular formula is C33H30Si. The first-order valence-corrected chi connectivity index (χ1v) is 14.9. The number of hydrogen-bond acceptors (Lipinski definition) is 0. The zero-order valence-corrected chi connectivity index (χ0v) is 21.3. The number of allylic oxidation sites excluding steroid dienone is 2. The van der Waals surface area contributed by atoms with Crippen molar-refractivity contribution in [2.45, 2.75) is 31.5 Å². The van der Waals surface area contributed by atoms with Gasteiger partial charge in [-0.2, -0.15) is 0 Å². The maximum absolute atomic E-state index is 2.60. The molecule has 1 heteroatoms. The van der Waals surface area contributed by atoms with Crippen LogP contribution in [0.25, 0.3) is 34.4 Å². The molecule has 4 aromatic rings. The van der Waals surface area contributed by atoms with Crippen LogP contribution in [0.1, 0.15) is 47.2 Å². The maximum atomic E-state index is 2.60. The molecule has 0 fully saturated rings. The van der Waals surface area contributed by atoms with Gasteiger partial charge >= 0.3 is 0 Å². The van der Waals surface area contributed by atoms with E-state index in [2.05, 4.69) is 130 Å². The fourth-order valence-electron chi connectivity index (χ4n) is 6.48. The van der Waals surface area contributed by atoms with Gasteiger partial charge in [-0.3, -0.25) is 0 Å². The molecule has 0 nitrogen and oxygen atoms in total. The van der Waals surface area contributed by atoms with Crippen molar-refractivity contribution >= 4 is 20.9 Å². The van der Waals surface area contributed by atoms with Gasteiger partial charge in [-0.05, 0) is 69.4 Å². The fraction of sp³-hybridized carbons (Fsp3) is 0.152. The van der Waals surface area contributed by atoms with Crippen LogP contribution in [0.2, 0.25) is 6.55 Å². The van der Waals surface area contributed by atoms with Crippen molar-refractivity contribution in [1.29, 1.82) is 0 Å². The van der Waals surface area contributed by atoms with Crippen molar-refractivity contribution in [3.05, 3.63) is 130 Å². The van der Waals surface area contributed by atoms with Gasteiger partial charge in [0, 0.05) is 0 Å². The van der Waals surface area contributed by atoms with Crippen LogP contribution >= 0.6 is 0 Å². The molecule has 0 saturated heterocycles. The minimum Gasteiger partial charge on any atom is -0.0705 e. The van der Waals surface area contributed by atoms with Crippen LogP contribution in [0.5, 0.6) is 0 Å². The highest BCUT2D eigenvalue weighted by Gasteiger charge is 2.38. The molecule has 0 N–H and O–H groups in total. The molecule has 166 valence electrons. The Labute approximate surface area is 204 Å². The number of hydrogen-bond donors (Lipinski definition) is 0. The lowest BCUT2D eigenvalue weighted by Crippen LogP contribution is -2.28. The number of benzene rings is 4. The summed E-state index contributed by atoms with van der Waals surface area (Å²) in [6.07, 6.45) is 4.95. The lowest BCUT2D eigenvalue weighted by molar-refractivity contribution is 1.01. The molecule has 2 aliphatic rings. The minimum absolute atomic E-state index is 0.568. The first-order valence-electron chi connectivity index (χ1n) is 12.4. The summed E-state index contributed by atoms with van der Waals surface area (Å²) >= 11 is 0. The van der Waals surface area contributed by atoms with Crippen molar-refractivity contribution in [2.75, 3.05) is 0 Å². The van der Waals surface area contributed by atoms with E-state index in [0.29, 0.717) is 11.1 Å². The third kappa shape index (κ3) is 3.35. The first-order chi connectivity index (χ1) is 16.6. The summed E-state index contributed by atoms with van der Waals surface area (Å²) in [5, 5.41) is 0. The van der Waals surface area contributed by atoms with Gasteiger partial charge in [0.1, 0.15) is 0 Å². The van der Waals surface area contributed by atoms with E-state index in [9.17, 15) is 0 Å². The zero-order valence-electron chi connectivity index (χ0n) is 20.1. The molecule has 0 saturated carbocycles. The van der Waals surface area contributed by atoms with E-state index in [1.807, 2.05) is 0 Å². The van der Waals surface area contributed by atoms with Gasteiger partial charge in [-0.1, -0.05) is 127 Å². The Morgan fingerprint density at radius 1 is 0.500 bits per heavy atom. The van der Waals surface area contributed by atoms with Gasteiger partial charge in [0.25, 0.3) is 0 Å². The summed E-state index contributed by atoms with van der Waals surface area (Å²) in [6.45, 7) is 7.31. The average Bonchev–Trinajstić information content (AvgIpc) is 3.39. The van der Waals surface area contributed by atoms with Crippen molar-refractivity contribution in [3.8, 4) is 22.3 Å². The Kier molecular flexibility index (Phi) is 5.23. The number of rotatable bonds is 4. The molecule has 0 amide bonds. The lowest BCUT2D eigenvalue weighted by atomic mass is 9.97. The standard InChI is InChI=1S/C33H30Si/c1-22-20-30-26(24-12-6-4-7-13-24)16-10-18-28(30)32(22)34(3)33-23(2)21-31-27(17-11-19-29(31)33)25-14-8-5-9-15-25/h4-21,32-34H,1-3H3. The van der Waals surface area contributed by atoms with E-state index in [4.69, 9.17) is 0 Å². The van der Waals surface area contributed by atoms with E-state index in [0.717, 1.165) is 0 Å². The molecule has 0 aliphatic heterocycles. The van der Waals surface area contributed by atoms with Gasteiger partial charge in [0.05, 0.1) is 8.80 Å². The lowest BCUT2D eigenvalue weighted by Gasteiger charge is -2.29. The van der Waals surface area contributed by atoms with E-state index in [-0.39, 0.29) is 0 Å². The second-order valence-corrected chi connectivity index (χ2v) is 13.0. The van der Waals surface area contributed by atoms with Crippen molar-refractivity contribution in [1.82, 2.24) is 0 Å². The van der Waals surface area contributed by atoms with Gasteiger partial charge < -0.3 is 0 Å². The summed E-state index contributed by atoms with van der Waals surface area (Å²) in [6, 6.07) is 35.6. The minimum atomic E-state index is -1.26. The van der Waals surface area contributed by atoms with Crippen LogP contribution < -0.4 is 0 Å². The molecule has 0 radical (unpaired) electrons. The zero-order chi connectivity index (χ0) is 23.2. The summed E-state index contributed by atoms with van der Waals surface area (Å²) < 4.78 is 0. The molecule has 2 atom stereocenters.